The zero-order valence-electron chi connectivity index (χ0n) is 14.0. The minimum atomic E-state index is -0.657. The maximum Gasteiger partial charge on any atom is 0.331 e. The van der Waals surface area contributed by atoms with E-state index < -0.39 is 16.9 Å². The van der Waals surface area contributed by atoms with Gasteiger partial charge in [0.15, 0.2) is 0 Å². The van der Waals surface area contributed by atoms with Crippen molar-refractivity contribution in [3.63, 3.8) is 0 Å². The molecule has 0 atom stereocenters. The first-order valence-electron chi connectivity index (χ1n) is 7.71. The van der Waals surface area contributed by atoms with Gasteiger partial charge in [-0.3, -0.25) is 24.9 Å². The van der Waals surface area contributed by atoms with Gasteiger partial charge in [-0.1, -0.05) is 12.1 Å². The summed E-state index contributed by atoms with van der Waals surface area (Å²) in [6.45, 7) is 0. The molecule has 3 aromatic rings. The summed E-state index contributed by atoms with van der Waals surface area (Å²) in [7, 11) is 0. The molecule has 2 heterocycles. The molecule has 0 spiro atoms. The Morgan fingerprint density at radius 3 is 2.79 bits per heavy atom. The molecular weight excluding hydrogens is 404 g/mol. The summed E-state index contributed by atoms with van der Waals surface area (Å²) < 4.78 is 8.02. The second kappa shape index (κ2) is 8.97. The number of pyridine rings is 1. The molecular formula is C17H12N4O5S2. The molecule has 11 heteroatoms. The van der Waals surface area contributed by atoms with Gasteiger partial charge in [0.1, 0.15) is 5.75 Å². The van der Waals surface area contributed by atoms with Crippen molar-refractivity contribution < 1.29 is 19.2 Å². The maximum atomic E-state index is 11.8. The Morgan fingerprint density at radius 1 is 1.18 bits per heavy atom. The predicted octanol–water partition coefficient (Wildman–Crippen LogP) is 3.99. The van der Waals surface area contributed by atoms with Crippen LogP contribution >= 0.6 is 23.3 Å². The molecule has 0 saturated heterocycles. The van der Waals surface area contributed by atoms with E-state index in [1.165, 1.54) is 29.7 Å². The van der Waals surface area contributed by atoms with Gasteiger partial charge in [-0.2, -0.15) is 0 Å². The third-order valence-electron chi connectivity index (χ3n) is 3.19. The summed E-state index contributed by atoms with van der Waals surface area (Å²) in [4.78, 5) is 38.9. The number of carbonyl (C=O) groups excluding carboxylic acids is 2. The number of nitrogens with zero attached hydrogens (tertiary/aromatic N) is 2. The van der Waals surface area contributed by atoms with Gasteiger partial charge in [-0.05, 0) is 41.6 Å². The maximum absolute atomic E-state index is 11.8. The van der Waals surface area contributed by atoms with Crippen molar-refractivity contribution >= 4 is 40.9 Å². The molecule has 0 radical (unpaired) electrons. The van der Waals surface area contributed by atoms with E-state index in [-0.39, 0.29) is 11.6 Å². The number of amides is 3. The summed E-state index contributed by atoms with van der Waals surface area (Å²) >= 11 is 2.21. The fourth-order valence-electron chi connectivity index (χ4n) is 1.99. The van der Waals surface area contributed by atoms with E-state index in [0.717, 1.165) is 11.9 Å². The van der Waals surface area contributed by atoms with E-state index in [9.17, 15) is 19.7 Å². The van der Waals surface area contributed by atoms with Crippen molar-refractivity contribution in [3.8, 4) is 11.6 Å². The van der Waals surface area contributed by atoms with Crippen LogP contribution in [0.15, 0.2) is 65.0 Å². The molecule has 0 aliphatic carbocycles. The minimum Gasteiger partial charge on any atom is -0.439 e. The van der Waals surface area contributed by atoms with Gasteiger partial charge in [-0.25, -0.2) is 9.78 Å². The summed E-state index contributed by atoms with van der Waals surface area (Å²) in [6, 6.07) is 11.8. The number of aromatic nitrogens is 1. The third kappa shape index (κ3) is 5.28. The van der Waals surface area contributed by atoms with E-state index in [1.807, 2.05) is 0 Å². The number of rotatable bonds is 6. The van der Waals surface area contributed by atoms with Crippen LogP contribution < -0.4 is 14.8 Å². The monoisotopic (exact) mass is 416 g/mol. The second-order valence-electron chi connectivity index (χ2n) is 5.15. The van der Waals surface area contributed by atoms with Crippen LogP contribution in [-0.2, 0) is 0 Å². The second-order valence-corrected chi connectivity index (χ2v) is 6.98. The molecule has 3 amide bonds. The number of carbonyl (C=O) groups is 2. The first kappa shape index (κ1) is 19.3. The highest BCUT2D eigenvalue weighted by molar-refractivity contribution is 7.98. The zero-order chi connectivity index (χ0) is 19.9. The smallest absolute Gasteiger partial charge is 0.331 e. The number of thiophene rings is 1. The lowest BCUT2D eigenvalue weighted by molar-refractivity contribution is -0.385. The van der Waals surface area contributed by atoms with E-state index in [2.05, 4.69) is 15.0 Å². The number of benzene rings is 1. The fourth-order valence-corrected chi connectivity index (χ4v) is 3.20. The van der Waals surface area contributed by atoms with Crippen molar-refractivity contribution in [1.82, 2.24) is 15.0 Å². The van der Waals surface area contributed by atoms with Gasteiger partial charge in [-0.15, -0.1) is 11.3 Å². The lowest BCUT2D eigenvalue weighted by Crippen LogP contribution is -2.35. The number of imide groups is 1. The van der Waals surface area contributed by atoms with E-state index >= 15 is 0 Å². The fraction of sp³-hybridized carbons (Fsp3) is 0. The van der Waals surface area contributed by atoms with Crippen LogP contribution in [0.5, 0.6) is 11.6 Å². The van der Waals surface area contributed by atoms with Crippen LogP contribution in [0, 0.1) is 10.1 Å². The van der Waals surface area contributed by atoms with Gasteiger partial charge in [0, 0.05) is 17.2 Å². The first-order valence-corrected chi connectivity index (χ1v) is 9.41. The molecule has 0 fully saturated rings. The van der Waals surface area contributed by atoms with Crippen molar-refractivity contribution in [2.24, 2.45) is 0 Å². The average molecular weight is 416 g/mol. The van der Waals surface area contributed by atoms with E-state index in [0.29, 0.717) is 15.5 Å². The normalized spacial score (nSPS) is 10.1. The molecule has 142 valence electrons. The van der Waals surface area contributed by atoms with Crippen molar-refractivity contribution in [2.45, 2.75) is 4.90 Å². The van der Waals surface area contributed by atoms with Crippen molar-refractivity contribution in [2.75, 3.05) is 0 Å². The molecule has 0 unspecified atom stereocenters. The molecule has 28 heavy (non-hydrogen) atoms. The molecule has 0 aliphatic heterocycles. The summed E-state index contributed by atoms with van der Waals surface area (Å²) in [5.74, 6) is -0.0274. The molecule has 2 N–H and O–H groups in total. The van der Waals surface area contributed by atoms with Crippen molar-refractivity contribution in [1.29, 1.82) is 0 Å². The Morgan fingerprint density at radius 2 is 2.04 bits per heavy atom. The van der Waals surface area contributed by atoms with Crippen LogP contribution in [0.3, 0.4) is 0 Å². The Balaban J connectivity index is 1.57. The summed E-state index contributed by atoms with van der Waals surface area (Å²) in [6.07, 6.45) is 1.28. The third-order valence-corrected chi connectivity index (χ3v) is 4.84. The first-order chi connectivity index (χ1) is 13.5. The zero-order valence-corrected chi connectivity index (χ0v) is 15.7. The Kier molecular flexibility index (Phi) is 6.19. The van der Waals surface area contributed by atoms with Gasteiger partial charge in [0.25, 0.3) is 11.6 Å². The quantitative estimate of drug-likeness (QED) is 0.354. The average Bonchev–Trinajstić information content (AvgIpc) is 3.22. The number of hydrogen-bond donors (Lipinski definition) is 2. The Bertz CT molecular complexity index is 1010. The minimum absolute atomic E-state index is 0.0728. The van der Waals surface area contributed by atoms with Gasteiger partial charge in [0.2, 0.25) is 5.88 Å². The topological polar surface area (TPSA) is 123 Å². The molecule has 0 aliphatic rings. The number of urea groups is 1. The number of nitro groups is 1. The molecule has 1 aromatic carbocycles. The van der Waals surface area contributed by atoms with Gasteiger partial charge in [0.05, 0.1) is 15.9 Å². The lowest BCUT2D eigenvalue weighted by Gasteiger charge is -2.08. The van der Waals surface area contributed by atoms with Crippen molar-refractivity contribution in [3.05, 3.63) is 75.1 Å². The summed E-state index contributed by atoms with van der Waals surface area (Å²) in [5, 5.41) is 14.8. The largest absolute Gasteiger partial charge is 0.439 e. The SMILES string of the molecule is O=C(NSc1cccc(Oc2cc([N+](=O)[O-])ccn2)c1)NC(=O)c1cccs1. The van der Waals surface area contributed by atoms with Crippen LogP contribution in [0.1, 0.15) is 9.67 Å². The van der Waals surface area contributed by atoms with E-state index in [4.69, 9.17) is 4.74 Å². The molecule has 0 bridgehead atoms. The van der Waals surface area contributed by atoms with Gasteiger partial charge >= 0.3 is 6.03 Å². The van der Waals surface area contributed by atoms with Crippen LogP contribution in [0.2, 0.25) is 0 Å². The highest BCUT2D eigenvalue weighted by Crippen LogP contribution is 2.26. The molecule has 9 nitrogen and oxygen atoms in total. The Labute approximate surface area is 167 Å². The number of ether oxygens (including phenoxy) is 1. The van der Waals surface area contributed by atoms with Crippen LogP contribution in [0.4, 0.5) is 10.5 Å². The van der Waals surface area contributed by atoms with Crippen LogP contribution in [0.25, 0.3) is 0 Å². The highest BCUT2D eigenvalue weighted by atomic mass is 32.2. The lowest BCUT2D eigenvalue weighted by atomic mass is 10.3. The Hall–Kier alpha value is -3.44. The molecule has 2 aromatic heterocycles. The number of hydrogen-bond acceptors (Lipinski definition) is 8. The number of nitrogens with one attached hydrogen (secondary N) is 2. The van der Waals surface area contributed by atoms with Gasteiger partial charge < -0.3 is 4.74 Å². The standard InChI is InChI=1S/C17H12N4O5S2/c22-16(14-5-2-8-27-14)19-17(23)20-28-13-4-1-3-12(10-13)26-15-9-11(21(24)25)6-7-18-15/h1-10H,(H2,19,20,22,23). The summed E-state index contributed by atoms with van der Waals surface area (Å²) in [5.41, 5.74) is -0.135. The van der Waals surface area contributed by atoms with E-state index in [1.54, 1.807) is 41.8 Å². The highest BCUT2D eigenvalue weighted by Gasteiger charge is 2.12. The molecule has 0 saturated carbocycles. The molecule has 3 rings (SSSR count). The predicted molar refractivity (Wildman–Crippen MR) is 104 cm³/mol. The van der Waals surface area contributed by atoms with Crippen LogP contribution in [-0.4, -0.2) is 21.8 Å².